The van der Waals surface area contributed by atoms with Gasteiger partial charge in [-0.1, -0.05) is 35.9 Å². The van der Waals surface area contributed by atoms with Crippen molar-refractivity contribution in [3.63, 3.8) is 0 Å². The van der Waals surface area contributed by atoms with Crippen LogP contribution in [-0.2, 0) is 6.42 Å². The van der Waals surface area contributed by atoms with Gasteiger partial charge in [0.1, 0.15) is 0 Å². The first kappa shape index (κ1) is 14.0. The van der Waals surface area contributed by atoms with E-state index in [0.29, 0.717) is 5.92 Å². The van der Waals surface area contributed by atoms with E-state index < -0.39 is 0 Å². The van der Waals surface area contributed by atoms with Crippen LogP contribution in [-0.4, -0.2) is 19.6 Å². The fourth-order valence-electron chi connectivity index (χ4n) is 3.12. The van der Waals surface area contributed by atoms with Crippen molar-refractivity contribution >= 4 is 11.4 Å². The van der Waals surface area contributed by atoms with Crippen molar-refractivity contribution in [2.24, 2.45) is 5.92 Å². The molecule has 1 unspecified atom stereocenters. The fraction of sp³-hybridized carbons (Fsp3) is 0.368. The minimum atomic E-state index is 0.668. The Kier molecular flexibility index (Phi) is 4.14. The SMILES string of the molecule is CCN(CC1CNc2ccccc2C1)c1ccc(C)cc1. The second-order valence-corrected chi connectivity index (χ2v) is 5.98. The van der Waals surface area contributed by atoms with E-state index in [4.69, 9.17) is 0 Å². The molecule has 1 heterocycles. The predicted octanol–water partition coefficient (Wildman–Crippen LogP) is 4.11. The molecule has 0 saturated carbocycles. The zero-order chi connectivity index (χ0) is 14.7. The second kappa shape index (κ2) is 6.21. The van der Waals surface area contributed by atoms with E-state index in [1.165, 1.54) is 28.9 Å². The first-order valence-corrected chi connectivity index (χ1v) is 7.89. The van der Waals surface area contributed by atoms with E-state index >= 15 is 0 Å². The Morgan fingerprint density at radius 1 is 1.10 bits per heavy atom. The Morgan fingerprint density at radius 2 is 1.86 bits per heavy atom. The average molecular weight is 280 g/mol. The summed E-state index contributed by atoms with van der Waals surface area (Å²) in [5, 5.41) is 3.58. The molecule has 1 aliphatic rings. The van der Waals surface area contributed by atoms with Crippen LogP contribution in [0, 0.1) is 12.8 Å². The minimum absolute atomic E-state index is 0.668. The molecule has 0 amide bonds. The van der Waals surface area contributed by atoms with Crippen LogP contribution in [0.3, 0.4) is 0 Å². The van der Waals surface area contributed by atoms with E-state index in [1.54, 1.807) is 0 Å². The molecule has 3 rings (SSSR count). The predicted molar refractivity (Wildman–Crippen MR) is 91.2 cm³/mol. The van der Waals surface area contributed by atoms with Gasteiger partial charge in [0.2, 0.25) is 0 Å². The van der Waals surface area contributed by atoms with Gasteiger partial charge in [0, 0.05) is 31.0 Å². The third-order valence-electron chi connectivity index (χ3n) is 4.37. The number of nitrogens with one attached hydrogen (secondary N) is 1. The van der Waals surface area contributed by atoms with Crippen molar-refractivity contribution < 1.29 is 0 Å². The quantitative estimate of drug-likeness (QED) is 0.907. The highest BCUT2D eigenvalue weighted by atomic mass is 15.1. The van der Waals surface area contributed by atoms with Gasteiger partial charge >= 0.3 is 0 Å². The van der Waals surface area contributed by atoms with Crippen LogP contribution in [0.1, 0.15) is 18.1 Å². The van der Waals surface area contributed by atoms with Crippen molar-refractivity contribution in [1.29, 1.82) is 0 Å². The summed E-state index contributed by atoms with van der Waals surface area (Å²) < 4.78 is 0. The van der Waals surface area contributed by atoms with Gasteiger partial charge in [-0.05, 0) is 49.9 Å². The highest BCUT2D eigenvalue weighted by Gasteiger charge is 2.20. The van der Waals surface area contributed by atoms with Gasteiger partial charge in [-0.2, -0.15) is 0 Å². The summed E-state index contributed by atoms with van der Waals surface area (Å²) in [7, 11) is 0. The van der Waals surface area contributed by atoms with E-state index in [1.807, 2.05) is 0 Å². The van der Waals surface area contributed by atoms with Crippen molar-refractivity contribution in [3.8, 4) is 0 Å². The van der Waals surface area contributed by atoms with Crippen LogP contribution in [0.4, 0.5) is 11.4 Å². The molecule has 21 heavy (non-hydrogen) atoms. The largest absolute Gasteiger partial charge is 0.384 e. The molecular formula is C19H24N2. The van der Waals surface area contributed by atoms with Gasteiger partial charge in [0.25, 0.3) is 0 Å². The summed E-state index contributed by atoms with van der Waals surface area (Å²) in [6.07, 6.45) is 1.17. The first-order chi connectivity index (χ1) is 10.3. The van der Waals surface area contributed by atoms with E-state index in [-0.39, 0.29) is 0 Å². The van der Waals surface area contributed by atoms with Crippen LogP contribution >= 0.6 is 0 Å². The molecule has 0 aromatic heterocycles. The lowest BCUT2D eigenvalue weighted by atomic mass is 9.93. The molecule has 0 fully saturated rings. The highest BCUT2D eigenvalue weighted by molar-refractivity contribution is 5.53. The number of hydrogen-bond acceptors (Lipinski definition) is 2. The summed E-state index contributed by atoms with van der Waals surface area (Å²) in [5.74, 6) is 0.668. The van der Waals surface area contributed by atoms with Crippen LogP contribution in [0.25, 0.3) is 0 Å². The Balaban J connectivity index is 1.69. The monoisotopic (exact) mass is 280 g/mol. The number of hydrogen-bond donors (Lipinski definition) is 1. The number of benzene rings is 2. The van der Waals surface area contributed by atoms with Crippen LogP contribution in [0.5, 0.6) is 0 Å². The molecule has 0 radical (unpaired) electrons. The number of aryl methyl sites for hydroxylation is 1. The molecule has 2 aromatic carbocycles. The first-order valence-electron chi connectivity index (χ1n) is 7.89. The van der Waals surface area contributed by atoms with E-state index in [0.717, 1.165) is 19.6 Å². The van der Waals surface area contributed by atoms with Gasteiger partial charge in [0.05, 0.1) is 0 Å². The Morgan fingerprint density at radius 3 is 2.62 bits per heavy atom. The van der Waals surface area contributed by atoms with Gasteiger partial charge < -0.3 is 10.2 Å². The standard InChI is InChI=1S/C19H24N2/c1-3-21(18-10-8-15(2)9-11-18)14-16-12-17-6-4-5-7-19(17)20-13-16/h4-11,16,20H,3,12-14H2,1-2H3. The zero-order valence-electron chi connectivity index (χ0n) is 13.0. The highest BCUT2D eigenvalue weighted by Crippen LogP contribution is 2.26. The fourth-order valence-corrected chi connectivity index (χ4v) is 3.12. The molecule has 2 nitrogen and oxygen atoms in total. The number of anilines is 2. The summed E-state index contributed by atoms with van der Waals surface area (Å²) in [4.78, 5) is 2.49. The van der Waals surface area contributed by atoms with Crippen molar-refractivity contribution in [1.82, 2.24) is 0 Å². The normalized spacial score (nSPS) is 17.0. The Bertz CT molecular complexity index is 589. The van der Waals surface area contributed by atoms with Crippen LogP contribution in [0.2, 0.25) is 0 Å². The Hall–Kier alpha value is -1.96. The number of para-hydroxylation sites is 1. The average Bonchev–Trinajstić information content (AvgIpc) is 2.53. The smallest absolute Gasteiger partial charge is 0.0372 e. The molecule has 0 spiro atoms. The third kappa shape index (κ3) is 3.21. The van der Waals surface area contributed by atoms with Gasteiger partial charge in [0.15, 0.2) is 0 Å². The van der Waals surface area contributed by atoms with Gasteiger partial charge in [-0.3, -0.25) is 0 Å². The lowest BCUT2D eigenvalue weighted by Crippen LogP contribution is -2.35. The summed E-state index contributed by atoms with van der Waals surface area (Å²) in [5.41, 5.74) is 5.42. The van der Waals surface area contributed by atoms with Crippen molar-refractivity contribution in [2.75, 3.05) is 29.9 Å². The molecule has 1 N–H and O–H groups in total. The summed E-state index contributed by atoms with van der Waals surface area (Å²) >= 11 is 0. The summed E-state index contributed by atoms with van der Waals surface area (Å²) in [6.45, 7) is 7.62. The molecule has 1 aliphatic heterocycles. The van der Waals surface area contributed by atoms with E-state index in [2.05, 4.69) is 72.6 Å². The number of fused-ring (bicyclic) bond motifs is 1. The maximum atomic E-state index is 3.58. The second-order valence-electron chi connectivity index (χ2n) is 5.98. The third-order valence-corrected chi connectivity index (χ3v) is 4.37. The maximum Gasteiger partial charge on any atom is 0.0372 e. The maximum absolute atomic E-state index is 3.58. The molecule has 0 saturated heterocycles. The number of rotatable bonds is 4. The lowest BCUT2D eigenvalue weighted by Gasteiger charge is -2.32. The molecule has 0 aliphatic carbocycles. The number of nitrogens with zero attached hydrogens (tertiary/aromatic N) is 1. The lowest BCUT2D eigenvalue weighted by molar-refractivity contribution is 0.526. The van der Waals surface area contributed by atoms with Crippen LogP contribution in [0.15, 0.2) is 48.5 Å². The molecule has 0 bridgehead atoms. The topological polar surface area (TPSA) is 15.3 Å². The summed E-state index contributed by atoms with van der Waals surface area (Å²) in [6, 6.07) is 17.6. The zero-order valence-corrected chi connectivity index (χ0v) is 13.0. The van der Waals surface area contributed by atoms with Crippen molar-refractivity contribution in [3.05, 3.63) is 59.7 Å². The van der Waals surface area contributed by atoms with E-state index in [9.17, 15) is 0 Å². The van der Waals surface area contributed by atoms with Gasteiger partial charge in [-0.15, -0.1) is 0 Å². The molecular weight excluding hydrogens is 256 g/mol. The Labute approximate surface area is 127 Å². The minimum Gasteiger partial charge on any atom is -0.384 e. The van der Waals surface area contributed by atoms with Gasteiger partial charge in [-0.25, -0.2) is 0 Å². The molecule has 1 atom stereocenters. The van der Waals surface area contributed by atoms with Crippen LogP contribution < -0.4 is 10.2 Å². The van der Waals surface area contributed by atoms with Crippen molar-refractivity contribution in [2.45, 2.75) is 20.3 Å². The molecule has 2 aromatic rings. The molecule has 110 valence electrons. The molecule has 2 heteroatoms.